The summed E-state index contributed by atoms with van der Waals surface area (Å²) in [5.41, 5.74) is 3.34. The Morgan fingerprint density at radius 1 is 0.953 bits per heavy atom. The highest BCUT2D eigenvalue weighted by Crippen LogP contribution is 2.48. The molecule has 1 amide bonds. The van der Waals surface area contributed by atoms with E-state index in [1.807, 2.05) is 26.0 Å². The fourth-order valence-corrected chi connectivity index (χ4v) is 6.68. The molecule has 220 valence electrons. The number of ketones is 1. The Balaban J connectivity index is 1.57. The van der Waals surface area contributed by atoms with Gasteiger partial charge in [-0.15, -0.1) is 0 Å². The molecule has 0 saturated carbocycles. The zero-order valence-corrected chi connectivity index (χ0v) is 25.1. The maximum atomic E-state index is 14.2. The Morgan fingerprint density at radius 3 is 2.30 bits per heavy atom. The van der Waals surface area contributed by atoms with Crippen molar-refractivity contribution >= 4 is 49.3 Å². The van der Waals surface area contributed by atoms with Crippen molar-refractivity contribution in [3.8, 4) is 23.0 Å². The number of aliphatic hydroxyl groups excluding tert-OH is 1. The molecule has 43 heavy (non-hydrogen) atoms. The minimum atomic E-state index is -1.11. The van der Waals surface area contributed by atoms with Crippen LogP contribution in [-0.2, 0) is 4.79 Å². The number of carbonyl (C=O) groups is 2. The van der Waals surface area contributed by atoms with E-state index in [4.69, 9.17) is 28.3 Å². The molecule has 0 spiro atoms. The van der Waals surface area contributed by atoms with Gasteiger partial charge in [-0.05, 0) is 60.9 Å². The first-order valence-corrected chi connectivity index (χ1v) is 14.1. The topological polar surface area (TPSA) is 121 Å². The van der Waals surface area contributed by atoms with Crippen LogP contribution in [0.4, 0.5) is 5.13 Å². The van der Waals surface area contributed by atoms with E-state index in [0.29, 0.717) is 44.7 Å². The fraction of sp³-hybridized carbons (Fsp3) is 0.219. The Morgan fingerprint density at radius 2 is 1.65 bits per heavy atom. The van der Waals surface area contributed by atoms with Crippen LogP contribution in [0.1, 0.15) is 33.3 Å². The highest BCUT2D eigenvalue weighted by Gasteiger charge is 2.47. The second-order valence-corrected chi connectivity index (χ2v) is 11.1. The quantitative estimate of drug-likeness (QED) is 0.200. The SMILES string of the molecule is COc1cc(C2C(C(=O)c3cc4cccc(OC)c4o3)=C(O)C(=O)N2c2nc3c(C)cc(C)cc3s2)cc(OC)c1OC. The lowest BCUT2D eigenvalue weighted by molar-refractivity contribution is -0.117. The molecule has 11 heteroatoms. The van der Waals surface area contributed by atoms with E-state index in [0.717, 1.165) is 21.3 Å². The van der Waals surface area contributed by atoms with Gasteiger partial charge in [-0.1, -0.05) is 29.5 Å². The van der Waals surface area contributed by atoms with Gasteiger partial charge >= 0.3 is 0 Å². The maximum absolute atomic E-state index is 14.2. The number of amides is 1. The van der Waals surface area contributed by atoms with Gasteiger partial charge in [0, 0.05) is 5.39 Å². The second-order valence-electron chi connectivity index (χ2n) is 10.0. The number of hydrogen-bond donors (Lipinski definition) is 1. The van der Waals surface area contributed by atoms with Crippen LogP contribution in [-0.4, -0.2) is 50.2 Å². The van der Waals surface area contributed by atoms with E-state index >= 15 is 0 Å². The molecule has 6 rings (SSSR count). The number of benzene rings is 3. The van der Waals surface area contributed by atoms with Crippen molar-refractivity contribution in [3.05, 3.63) is 82.3 Å². The van der Waals surface area contributed by atoms with Crippen LogP contribution in [0, 0.1) is 13.8 Å². The summed E-state index contributed by atoms with van der Waals surface area (Å²) < 4.78 is 28.9. The molecule has 1 unspecified atom stereocenters. The molecular formula is C32H28N2O8S. The number of hydrogen-bond acceptors (Lipinski definition) is 10. The number of aromatic nitrogens is 1. The summed E-state index contributed by atoms with van der Waals surface area (Å²) >= 11 is 1.29. The number of fused-ring (bicyclic) bond motifs is 2. The van der Waals surface area contributed by atoms with Gasteiger partial charge < -0.3 is 28.5 Å². The zero-order valence-electron chi connectivity index (χ0n) is 24.3. The number of aliphatic hydroxyl groups is 1. The van der Waals surface area contributed by atoms with Gasteiger partial charge in [0.25, 0.3) is 5.91 Å². The molecule has 0 bridgehead atoms. The molecule has 1 aliphatic heterocycles. The van der Waals surface area contributed by atoms with E-state index in [2.05, 4.69) is 0 Å². The summed E-state index contributed by atoms with van der Waals surface area (Å²) in [6, 6.07) is 13.0. The van der Waals surface area contributed by atoms with Gasteiger partial charge in [0.2, 0.25) is 11.5 Å². The van der Waals surface area contributed by atoms with Gasteiger partial charge in [-0.3, -0.25) is 14.5 Å². The van der Waals surface area contributed by atoms with Crippen LogP contribution in [0.3, 0.4) is 0 Å². The number of rotatable bonds is 8. The highest BCUT2D eigenvalue weighted by atomic mass is 32.1. The first kappa shape index (κ1) is 28.1. The molecule has 0 radical (unpaired) electrons. The number of furan rings is 1. The number of aryl methyl sites for hydroxylation is 2. The van der Waals surface area contributed by atoms with E-state index in [1.54, 1.807) is 36.4 Å². The number of methoxy groups -OCH3 is 4. The molecule has 1 N–H and O–H groups in total. The third-order valence-corrected chi connectivity index (χ3v) is 8.43. The molecule has 0 saturated heterocycles. The van der Waals surface area contributed by atoms with Crippen molar-refractivity contribution in [3.63, 3.8) is 0 Å². The largest absolute Gasteiger partial charge is 0.503 e. The smallest absolute Gasteiger partial charge is 0.296 e. The first-order chi connectivity index (χ1) is 20.7. The number of ether oxygens (including phenoxy) is 4. The number of carbonyl (C=O) groups excluding carboxylic acids is 2. The van der Waals surface area contributed by atoms with Crippen LogP contribution < -0.4 is 23.8 Å². The lowest BCUT2D eigenvalue weighted by Gasteiger charge is -2.25. The van der Waals surface area contributed by atoms with E-state index < -0.39 is 23.5 Å². The number of anilines is 1. The average molecular weight is 601 g/mol. The summed E-state index contributed by atoms with van der Waals surface area (Å²) in [5.74, 6) is -0.810. The van der Waals surface area contributed by atoms with Crippen molar-refractivity contribution in [2.75, 3.05) is 33.3 Å². The second kappa shape index (κ2) is 10.7. The summed E-state index contributed by atoms with van der Waals surface area (Å²) in [4.78, 5) is 34.2. The lowest BCUT2D eigenvalue weighted by Crippen LogP contribution is -2.31. The predicted molar refractivity (Wildman–Crippen MR) is 162 cm³/mol. The molecule has 10 nitrogen and oxygen atoms in total. The average Bonchev–Trinajstić information content (AvgIpc) is 3.70. The standard InChI is InChI=1S/C32H28N2O8S/c1-15-10-16(2)25-23(11-15)43-32(33-25)34-26(18-13-21(39-4)30(41-6)22(14-18)40-5)24(28(36)31(34)37)27(35)20-12-17-8-7-9-19(38-3)29(17)42-20/h7-14,26,36H,1-6H3. The lowest BCUT2D eigenvalue weighted by atomic mass is 9.94. The van der Waals surface area contributed by atoms with Gasteiger partial charge in [-0.2, -0.15) is 0 Å². The third-order valence-electron chi connectivity index (χ3n) is 7.43. The number of nitrogens with zero attached hydrogens (tertiary/aromatic N) is 2. The summed E-state index contributed by atoms with van der Waals surface area (Å²) in [7, 11) is 5.92. The van der Waals surface area contributed by atoms with Crippen molar-refractivity contribution in [1.29, 1.82) is 0 Å². The molecule has 1 atom stereocenters. The van der Waals surface area contributed by atoms with Gasteiger partial charge in [0.15, 0.2) is 39.5 Å². The molecule has 2 aromatic heterocycles. The van der Waals surface area contributed by atoms with Crippen LogP contribution in [0.5, 0.6) is 23.0 Å². The Bertz CT molecular complexity index is 1950. The van der Waals surface area contributed by atoms with E-state index in [9.17, 15) is 14.7 Å². The molecule has 5 aromatic rings. The number of thiazole rings is 1. The monoisotopic (exact) mass is 600 g/mol. The van der Waals surface area contributed by atoms with Crippen molar-refractivity contribution in [1.82, 2.24) is 4.98 Å². The minimum Gasteiger partial charge on any atom is -0.503 e. The Hall–Kier alpha value is -5.03. The predicted octanol–water partition coefficient (Wildman–Crippen LogP) is 6.48. The molecular weight excluding hydrogens is 572 g/mol. The van der Waals surface area contributed by atoms with Crippen molar-refractivity contribution in [2.45, 2.75) is 19.9 Å². The normalized spacial score (nSPS) is 15.1. The third kappa shape index (κ3) is 4.43. The molecule has 3 heterocycles. The van der Waals surface area contributed by atoms with Gasteiger partial charge in [0.05, 0.1) is 50.3 Å². The van der Waals surface area contributed by atoms with Crippen LogP contribution >= 0.6 is 11.3 Å². The first-order valence-electron chi connectivity index (χ1n) is 13.3. The van der Waals surface area contributed by atoms with Crippen molar-refractivity contribution in [2.24, 2.45) is 0 Å². The van der Waals surface area contributed by atoms with Gasteiger partial charge in [-0.25, -0.2) is 4.98 Å². The van der Waals surface area contributed by atoms with Crippen LogP contribution in [0.25, 0.3) is 21.2 Å². The molecule has 3 aromatic carbocycles. The zero-order chi connectivity index (χ0) is 30.6. The van der Waals surface area contributed by atoms with Crippen LogP contribution in [0.15, 0.2) is 64.3 Å². The van der Waals surface area contributed by atoms with E-state index in [1.165, 1.54) is 44.7 Å². The summed E-state index contributed by atoms with van der Waals surface area (Å²) in [6.45, 7) is 3.93. The molecule has 0 aliphatic carbocycles. The Labute approximate surface area is 250 Å². The van der Waals surface area contributed by atoms with Crippen molar-refractivity contribution < 1.29 is 38.1 Å². The van der Waals surface area contributed by atoms with E-state index in [-0.39, 0.29) is 11.3 Å². The summed E-state index contributed by atoms with van der Waals surface area (Å²) in [5, 5.41) is 12.3. The minimum absolute atomic E-state index is 0.0658. The number of Topliss-reactive ketones (excluding diaryl/α,β-unsaturated/α-hetero) is 1. The van der Waals surface area contributed by atoms with Crippen LogP contribution in [0.2, 0.25) is 0 Å². The van der Waals surface area contributed by atoms with Gasteiger partial charge in [0.1, 0.15) is 0 Å². The fourth-order valence-electron chi connectivity index (χ4n) is 5.51. The number of para-hydroxylation sites is 1. The Kier molecular flexibility index (Phi) is 6.97. The summed E-state index contributed by atoms with van der Waals surface area (Å²) in [6.07, 6.45) is 0. The molecule has 0 fully saturated rings. The maximum Gasteiger partial charge on any atom is 0.296 e. The molecule has 1 aliphatic rings. The highest BCUT2D eigenvalue weighted by molar-refractivity contribution is 7.22.